The van der Waals surface area contributed by atoms with Crippen LogP contribution in [-0.4, -0.2) is 13.3 Å². The van der Waals surface area contributed by atoms with E-state index in [1.807, 2.05) is 12.1 Å². The molecule has 31 heavy (non-hydrogen) atoms. The van der Waals surface area contributed by atoms with Crippen molar-refractivity contribution in [1.29, 1.82) is 0 Å². The molecule has 0 aliphatic heterocycles. The zero-order chi connectivity index (χ0) is 23.4. The SMILES string of the molecule is CCC/C=C/c1c(C(C)C)nc(C)c(CO[Si](C)(C)C(C)(C)C)c1-c1ccc(F)cc1. The van der Waals surface area contributed by atoms with Crippen molar-refractivity contribution < 1.29 is 8.82 Å². The van der Waals surface area contributed by atoms with Crippen molar-refractivity contribution in [2.45, 2.75) is 92.0 Å². The van der Waals surface area contributed by atoms with Crippen LogP contribution in [0.5, 0.6) is 0 Å². The molecule has 0 amide bonds. The lowest BCUT2D eigenvalue weighted by Gasteiger charge is -2.36. The Bertz CT molecular complexity index is 908. The van der Waals surface area contributed by atoms with Crippen LogP contribution in [-0.2, 0) is 11.0 Å². The highest BCUT2D eigenvalue weighted by Crippen LogP contribution is 2.40. The number of nitrogens with zero attached hydrogens (tertiary/aromatic N) is 1. The molecule has 0 fully saturated rings. The van der Waals surface area contributed by atoms with Gasteiger partial charge in [0.15, 0.2) is 8.32 Å². The summed E-state index contributed by atoms with van der Waals surface area (Å²) >= 11 is 0. The smallest absolute Gasteiger partial charge is 0.192 e. The number of hydrogen-bond acceptors (Lipinski definition) is 2. The van der Waals surface area contributed by atoms with Gasteiger partial charge in [0.2, 0.25) is 0 Å². The molecule has 0 spiro atoms. The van der Waals surface area contributed by atoms with Gasteiger partial charge in [-0.3, -0.25) is 4.98 Å². The van der Waals surface area contributed by atoms with Crippen molar-refractivity contribution in [1.82, 2.24) is 4.98 Å². The monoisotopic (exact) mass is 441 g/mol. The average Bonchev–Trinajstić information content (AvgIpc) is 2.67. The lowest BCUT2D eigenvalue weighted by Crippen LogP contribution is -2.40. The second-order valence-electron chi connectivity index (χ2n) is 10.3. The minimum atomic E-state index is -1.93. The Hall–Kier alpha value is -1.78. The van der Waals surface area contributed by atoms with E-state index in [1.165, 1.54) is 12.1 Å². The first kappa shape index (κ1) is 25.5. The van der Waals surface area contributed by atoms with E-state index < -0.39 is 8.32 Å². The Morgan fingerprint density at radius 2 is 1.74 bits per heavy atom. The number of aromatic nitrogens is 1. The zero-order valence-corrected chi connectivity index (χ0v) is 21.9. The summed E-state index contributed by atoms with van der Waals surface area (Å²) in [7, 11) is -1.93. The second kappa shape index (κ2) is 10.2. The van der Waals surface area contributed by atoms with Gasteiger partial charge in [-0.15, -0.1) is 0 Å². The third kappa shape index (κ3) is 6.14. The molecule has 1 aromatic carbocycles. The average molecular weight is 442 g/mol. The topological polar surface area (TPSA) is 22.1 Å². The largest absolute Gasteiger partial charge is 0.412 e. The van der Waals surface area contributed by atoms with Crippen molar-refractivity contribution in [2.24, 2.45) is 0 Å². The van der Waals surface area contributed by atoms with E-state index in [4.69, 9.17) is 9.41 Å². The van der Waals surface area contributed by atoms with Crippen LogP contribution in [0.25, 0.3) is 17.2 Å². The molecule has 1 heterocycles. The standard InChI is InChI=1S/C27H40FNOSi/c1-10-11-12-13-23-25(21-14-16-22(28)17-15-21)24(20(4)29-26(23)19(2)3)18-30-31(8,9)27(5,6)7/h12-17,19H,10-11,18H2,1-9H3/b13-12+. The minimum Gasteiger partial charge on any atom is -0.412 e. The summed E-state index contributed by atoms with van der Waals surface area (Å²) in [5.41, 5.74) is 6.46. The van der Waals surface area contributed by atoms with Gasteiger partial charge in [-0.1, -0.05) is 72.2 Å². The molecule has 0 radical (unpaired) electrons. The molecule has 0 bridgehead atoms. The van der Waals surface area contributed by atoms with E-state index in [0.717, 1.165) is 46.5 Å². The summed E-state index contributed by atoms with van der Waals surface area (Å²) in [6.07, 6.45) is 6.55. The van der Waals surface area contributed by atoms with Gasteiger partial charge in [0.05, 0.1) is 12.3 Å². The van der Waals surface area contributed by atoms with Crippen LogP contribution in [0.3, 0.4) is 0 Å². The van der Waals surface area contributed by atoms with Crippen LogP contribution in [0.4, 0.5) is 4.39 Å². The number of hydrogen-bond donors (Lipinski definition) is 0. The molecule has 0 unspecified atom stereocenters. The molecule has 0 atom stereocenters. The molecule has 0 saturated heterocycles. The number of rotatable bonds is 8. The van der Waals surface area contributed by atoms with Gasteiger partial charge >= 0.3 is 0 Å². The Labute approximate surface area is 190 Å². The fourth-order valence-electron chi connectivity index (χ4n) is 3.35. The van der Waals surface area contributed by atoms with Crippen LogP contribution in [0.1, 0.15) is 82.8 Å². The van der Waals surface area contributed by atoms with Gasteiger partial charge < -0.3 is 4.43 Å². The second-order valence-corrected chi connectivity index (χ2v) is 15.1. The summed E-state index contributed by atoms with van der Waals surface area (Å²) in [4.78, 5) is 5.03. The Kier molecular flexibility index (Phi) is 8.40. The Morgan fingerprint density at radius 3 is 2.26 bits per heavy atom. The quantitative estimate of drug-likeness (QED) is 0.382. The molecule has 0 aliphatic rings. The van der Waals surface area contributed by atoms with Crippen LogP contribution in [0, 0.1) is 12.7 Å². The molecule has 2 aromatic rings. The van der Waals surface area contributed by atoms with Crippen molar-refractivity contribution >= 4 is 14.4 Å². The number of pyridine rings is 1. The maximum Gasteiger partial charge on any atom is 0.192 e. The first-order valence-electron chi connectivity index (χ1n) is 11.5. The number of aryl methyl sites for hydroxylation is 1. The van der Waals surface area contributed by atoms with E-state index in [2.05, 4.69) is 73.7 Å². The first-order valence-corrected chi connectivity index (χ1v) is 14.4. The molecule has 0 saturated carbocycles. The molecule has 170 valence electrons. The molecule has 0 aliphatic carbocycles. The minimum absolute atomic E-state index is 0.131. The predicted octanol–water partition coefficient (Wildman–Crippen LogP) is 8.65. The number of benzene rings is 1. The van der Waals surface area contributed by atoms with Crippen LogP contribution in [0.15, 0.2) is 30.3 Å². The van der Waals surface area contributed by atoms with Crippen LogP contribution in [0.2, 0.25) is 18.1 Å². The van der Waals surface area contributed by atoms with E-state index in [0.29, 0.717) is 6.61 Å². The summed E-state index contributed by atoms with van der Waals surface area (Å²) in [6.45, 7) is 20.5. The van der Waals surface area contributed by atoms with Gasteiger partial charge in [-0.25, -0.2) is 4.39 Å². The third-order valence-electron chi connectivity index (χ3n) is 6.38. The highest BCUT2D eigenvalue weighted by atomic mass is 28.4. The van der Waals surface area contributed by atoms with Crippen LogP contribution >= 0.6 is 0 Å². The van der Waals surface area contributed by atoms with Gasteiger partial charge in [-0.05, 0) is 60.7 Å². The molecule has 0 N–H and O–H groups in total. The van der Waals surface area contributed by atoms with Gasteiger partial charge in [0, 0.05) is 16.8 Å². The third-order valence-corrected chi connectivity index (χ3v) is 10.9. The summed E-state index contributed by atoms with van der Waals surface area (Å²) in [5, 5.41) is 0.131. The fraction of sp³-hybridized carbons (Fsp3) is 0.519. The molecule has 1 aromatic heterocycles. The molecule has 2 rings (SSSR count). The van der Waals surface area contributed by atoms with E-state index in [1.54, 1.807) is 0 Å². The highest BCUT2D eigenvalue weighted by Gasteiger charge is 2.37. The lowest BCUT2D eigenvalue weighted by atomic mass is 9.89. The van der Waals surface area contributed by atoms with Crippen molar-refractivity contribution in [3.63, 3.8) is 0 Å². The Morgan fingerprint density at radius 1 is 1.13 bits per heavy atom. The maximum atomic E-state index is 13.7. The molecular weight excluding hydrogens is 401 g/mol. The van der Waals surface area contributed by atoms with E-state index in [-0.39, 0.29) is 16.8 Å². The van der Waals surface area contributed by atoms with Gasteiger partial charge in [0.1, 0.15) is 5.82 Å². The fourth-order valence-corrected chi connectivity index (χ4v) is 4.29. The van der Waals surface area contributed by atoms with Gasteiger partial charge in [0.25, 0.3) is 0 Å². The summed E-state index contributed by atoms with van der Waals surface area (Å²) < 4.78 is 20.4. The number of halogens is 1. The summed E-state index contributed by atoms with van der Waals surface area (Å²) in [5.74, 6) is 0.0651. The number of unbranched alkanes of at least 4 members (excludes halogenated alkanes) is 1. The normalized spacial score (nSPS) is 12.9. The maximum absolute atomic E-state index is 13.7. The molecule has 4 heteroatoms. The molecular formula is C27H40FNOSi. The molecule has 2 nitrogen and oxygen atoms in total. The lowest BCUT2D eigenvalue weighted by molar-refractivity contribution is 0.275. The first-order chi connectivity index (χ1) is 14.4. The van der Waals surface area contributed by atoms with Gasteiger partial charge in [-0.2, -0.15) is 0 Å². The van der Waals surface area contributed by atoms with E-state index >= 15 is 0 Å². The summed E-state index contributed by atoms with van der Waals surface area (Å²) in [6, 6.07) is 6.83. The predicted molar refractivity (Wildman–Crippen MR) is 134 cm³/mol. The van der Waals surface area contributed by atoms with Crippen molar-refractivity contribution in [3.05, 3.63) is 58.7 Å². The van der Waals surface area contributed by atoms with Crippen molar-refractivity contribution in [2.75, 3.05) is 0 Å². The van der Waals surface area contributed by atoms with E-state index in [9.17, 15) is 4.39 Å². The Balaban J connectivity index is 2.73. The zero-order valence-electron chi connectivity index (χ0n) is 20.9. The number of allylic oxidation sites excluding steroid dienone is 1. The van der Waals surface area contributed by atoms with Crippen molar-refractivity contribution in [3.8, 4) is 11.1 Å². The van der Waals surface area contributed by atoms with Crippen LogP contribution < -0.4 is 0 Å². The highest BCUT2D eigenvalue weighted by molar-refractivity contribution is 6.74.